The number of alkyl halides is 3. The molecule has 2 aromatic heterocycles. The van der Waals surface area contributed by atoms with E-state index in [1.165, 1.54) is 35.7 Å². The second kappa shape index (κ2) is 13.2. The lowest BCUT2D eigenvalue weighted by molar-refractivity contribution is -0.137. The molecule has 4 N–H and O–H groups in total. The molecule has 3 aromatic rings. The van der Waals surface area contributed by atoms with E-state index in [0.717, 1.165) is 17.0 Å². The minimum atomic E-state index is -4.66. The lowest BCUT2D eigenvalue weighted by atomic mass is 10.1. The van der Waals surface area contributed by atoms with Gasteiger partial charge >= 0.3 is 12.2 Å². The summed E-state index contributed by atoms with van der Waals surface area (Å²) in [7, 11) is 0. The van der Waals surface area contributed by atoms with Crippen molar-refractivity contribution in [3.63, 3.8) is 0 Å². The normalized spacial score (nSPS) is 13.2. The highest BCUT2D eigenvalue weighted by atomic mass is 35.5. The molecule has 41 heavy (non-hydrogen) atoms. The van der Waals surface area contributed by atoms with Gasteiger partial charge in [0.15, 0.2) is 0 Å². The van der Waals surface area contributed by atoms with Gasteiger partial charge < -0.3 is 15.4 Å². The quantitative estimate of drug-likeness (QED) is 0.193. The van der Waals surface area contributed by atoms with Crippen LogP contribution in [0.4, 0.5) is 23.7 Å². The van der Waals surface area contributed by atoms with E-state index in [1.807, 2.05) is 17.5 Å². The second-order valence-corrected chi connectivity index (χ2v) is 9.75. The largest absolute Gasteiger partial charge is 0.462 e. The van der Waals surface area contributed by atoms with Gasteiger partial charge in [0.1, 0.15) is 17.2 Å². The molecule has 0 aliphatic heterocycles. The molecule has 1 aliphatic rings. The number of ether oxygens (including phenoxy) is 1. The van der Waals surface area contributed by atoms with Crippen LogP contribution in [0, 0.1) is 0 Å². The van der Waals surface area contributed by atoms with Crippen LogP contribution in [0.25, 0.3) is 6.08 Å². The predicted molar refractivity (Wildman–Crippen MR) is 148 cm³/mol. The van der Waals surface area contributed by atoms with Crippen molar-refractivity contribution >= 4 is 52.5 Å². The number of urea groups is 1. The van der Waals surface area contributed by atoms with Crippen LogP contribution in [0.1, 0.15) is 33.8 Å². The number of halogens is 4. The molecule has 0 unspecified atom stereocenters. The number of hydrazine groups is 1. The van der Waals surface area contributed by atoms with Crippen LogP contribution >= 0.6 is 22.9 Å². The zero-order valence-electron chi connectivity index (χ0n) is 20.9. The molecule has 14 heteroatoms. The Morgan fingerprint density at radius 1 is 1.02 bits per heavy atom. The number of amides is 4. The highest BCUT2D eigenvalue weighted by molar-refractivity contribution is 7.10. The Kier molecular flexibility index (Phi) is 9.42. The summed E-state index contributed by atoms with van der Waals surface area (Å²) in [6, 6.07) is 8.99. The average Bonchev–Trinajstić information content (AvgIpc) is 3.46. The Balaban J connectivity index is 1.28. The van der Waals surface area contributed by atoms with Crippen molar-refractivity contribution < 1.29 is 32.3 Å². The molecule has 0 radical (unpaired) electrons. The number of nitrogens with zero attached hydrogens (tertiary/aromatic N) is 1. The number of allylic oxidation sites excluding steroid dienone is 4. The van der Waals surface area contributed by atoms with Crippen molar-refractivity contribution in [1.82, 2.24) is 21.2 Å². The van der Waals surface area contributed by atoms with E-state index in [0.29, 0.717) is 30.0 Å². The maximum absolute atomic E-state index is 13.0. The van der Waals surface area contributed by atoms with Gasteiger partial charge in [0.25, 0.3) is 11.8 Å². The van der Waals surface area contributed by atoms with E-state index in [4.69, 9.17) is 16.3 Å². The number of anilines is 1. The van der Waals surface area contributed by atoms with Crippen LogP contribution in [0.2, 0.25) is 5.02 Å². The highest BCUT2D eigenvalue weighted by Gasteiger charge is 2.33. The summed E-state index contributed by atoms with van der Waals surface area (Å²) in [5.41, 5.74) is 3.95. The van der Waals surface area contributed by atoms with Gasteiger partial charge in [-0.05, 0) is 60.4 Å². The Hall–Kier alpha value is -4.62. The van der Waals surface area contributed by atoms with Crippen molar-refractivity contribution in [2.24, 2.45) is 0 Å². The van der Waals surface area contributed by atoms with Gasteiger partial charge in [0.05, 0.1) is 10.6 Å². The third kappa shape index (κ3) is 8.68. The fraction of sp³-hybridized carbons (Fsp3) is 0.111. The fourth-order valence-electron chi connectivity index (χ4n) is 3.45. The number of nitrogens with one attached hydrogen (secondary N) is 4. The number of aromatic nitrogens is 1. The maximum atomic E-state index is 13.0. The molecule has 0 fully saturated rings. The molecule has 2 heterocycles. The molecule has 0 atom stereocenters. The first-order chi connectivity index (χ1) is 19.6. The second-order valence-electron chi connectivity index (χ2n) is 8.37. The van der Waals surface area contributed by atoms with Crippen molar-refractivity contribution in [1.29, 1.82) is 0 Å². The van der Waals surface area contributed by atoms with Gasteiger partial charge in [0.2, 0.25) is 0 Å². The Morgan fingerprint density at radius 3 is 2.56 bits per heavy atom. The van der Waals surface area contributed by atoms with Gasteiger partial charge in [-0.2, -0.15) is 13.2 Å². The lowest BCUT2D eigenvalue weighted by Crippen LogP contribution is -2.41. The van der Waals surface area contributed by atoms with Gasteiger partial charge in [-0.25, -0.2) is 4.79 Å². The average molecular weight is 604 g/mol. The zero-order valence-corrected chi connectivity index (χ0v) is 22.5. The minimum absolute atomic E-state index is 0.00638. The first-order valence-corrected chi connectivity index (χ1v) is 13.1. The van der Waals surface area contributed by atoms with Crippen LogP contribution in [-0.4, -0.2) is 22.8 Å². The molecule has 0 saturated heterocycles. The van der Waals surface area contributed by atoms with Crippen molar-refractivity contribution in [2.75, 3.05) is 5.32 Å². The van der Waals surface area contributed by atoms with E-state index in [2.05, 4.69) is 26.5 Å². The topological polar surface area (TPSA) is 121 Å². The molecule has 9 nitrogen and oxygen atoms in total. The summed E-state index contributed by atoms with van der Waals surface area (Å²) in [4.78, 5) is 41.5. The number of carbonyl (C=O) groups excluding carboxylic acids is 3. The minimum Gasteiger partial charge on any atom is -0.462 e. The molecule has 4 amide bonds. The maximum Gasteiger partial charge on any atom is 0.417 e. The number of pyridine rings is 1. The molecule has 1 aliphatic carbocycles. The van der Waals surface area contributed by atoms with Gasteiger partial charge in [0, 0.05) is 41.0 Å². The summed E-state index contributed by atoms with van der Waals surface area (Å²) < 4.78 is 44.9. The standard InChI is InChI=1S/C27H21ClF3N5O4S/c28-22-9-5-17(14-21(22)27(29,30)31)34-26(39)33-16-3-6-18(7-4-16)40-19-11-12-32-23(15-19)25(38)36-35-24(37)10-8-20-2-1-13-41-20/h1-3,5-6,8-15H,4,7H2,(H,35,37)(H,36,38)(H2,33,34,39)/b10-8+. The summed E-state index contributed by atoms with van der Waals surface area (Å²) in [5, 5.41) is 6.34. The number of hydrogen-bond acceptors (Lipinski definition) is 6. The van der Waals surface area contributed by atoms with E-state index in [-0.39, 0.29) is 11.4 Å². The lowest BCUT2D eigenvalue weighted by Gasteiger charge is -2.17. The third-order valence-electron chi connectivity index (χ3n) is 5.37. The Bertz CT molecular complexity index is 1540. The highest BCUT2D eigenvalue weighted by Crippen LogP contribution is 2.36. The van der Waals surface area contributed by atoms with Crippen LogP contribution in [-0.2, 0) is 11.0 Å². The first kappa shape index (κ1) is 29.4. The van der Waals surface area contributed by atoms with Crippen molar-refractivity contribution in [3.8, 4) is 5.75 Å². The van der Waals surface area contributed by atoms with Crippen LogP contribution in [0.5, 0.6) is 5.75 Å². The van der Waals surface area contributed by atoms with E-state index in [9.17, 15) is 27.6 Å². The smallest absolute Gasteiger partial charge is 0.417 e. The SMILES string of the molecule is O=C(/C=C/c1cccs1)NNC(=O)c1cc(OC2=CC=C(NC(=O)Nc3ccc(Cl)c(C(F)(F)F)c3)CC2)ccn1. The van der Waals surface area contributed by atoms with Gasteiger partial charge in [-0.3, -0.25) is 25.4 Å². The Morgan fingerprint density at radius 2 is 1.85 bits per heavy atom. The molecular weight excluding hydrogens is 583 g/mol. The third-order valence-corrected chi connectivity index (χ3v) is 6.54. The molecule has 4 rings (SSSR count). The van der Waals surface area contributed by atoms with Crippen molar-refractivity contribution in [3.05, 3.63) is 105 Å². The number of benzene rings is 1. The molecule has 0 saturated carbocycles. The van der Waals surface area contributed by atoms with Crippen LogP contribution < -0.4 is 26.2 Å². The monoisotopic (exact) mass is 603 g/mol. The van der Waals surface area contributed by atoms with E-state index >= 15 is 0 Å². The Labute approximate surface area is 240 Å². The molecule has 1 aromatic carbocycles. The number of rotatable bonds is 7. The number of carbonyl (C=O) groups is 3. The zero-order chi connectivity index (χ0) is 29.4. The molecule has 0 bridgehead atoms. The van der Waals surface area contributed by atoms with Gasteiger partial charge in [-0.15, -0.1) is 11.3 Å². The van der Waals surface area contributed by atoms with Crippen molar-refractivity contribution in [2.45, 2.75) is 19.0 Å². The first-order valence-electron chi connectivity index (χ1n) is 11.9. The summed E-state index contributed by atoms with van der Waals surface area (Å²) in [6.45, 7) is 0. The molecule has 212 valence electrons. The van der Waals surface area contributed by atoms with E-state index in [1.54, 1.807) is 24.3 Å². The summed E-state index contributed by atoms with van der Waals surface area (Å²) in [5.74, 6) is -0.305. The number of hydrogen-bond donors (Lipinski definition) is 4. The van der Waals surface area contributed by atoms with E-state index < -0.39 is 34.6 Å². The van der Waals surface area contributed by atoms with Crippen LogP contribution in [0.3, 0.4) is 0 Å². The van der Waals surface area contributed by atoms with Crippen LogP contribution in [0.15, 0.2) is 83.7 Å². The summed E-state index contributed by atoms with van der Waals surface area (Å²) in [6.07, 6.45) is 3.59. The molecule has 0 spiro atoms. The predicted octanol–water partition coefficient (Wildman–Crippen LogP) is 6.05. The fourth-order valence-corrected chi connectivity index (χ4v) is 4.30. The summed E-state index contributed by atoms with van der Waals surface area (Å²) >= 11 is 7.07. The number of thiophene rings is 1. The van der Waals surface area contributed by atoms with Gasteiger partial charge in [-0.1, -0.05) is 17.7 Å². The molecular formula is C27H21ClF3N5O4S.